The van der Waals surface area contributed by atoms with Gasteiger partial charge in [-0.2, -0.15) is 5.10 Å². The molecule has 0 atom stereocenters. The number of aryl methyl sites for hydroxylation is 3. The summed E-state index contributed by atoms with van der Waals surface area (Å²) in [5.41, 5.74) is 6.79. The van der Waals surface area contributed by atoms with Gasteiger partial charge in [0.15, 0.2) is 0 Å². The number of ether oxygens (including phenoxy) is 1. The molecular formula is C24H26ClN3O3. The van der Waals surface area contributed by atoms with E-state index in [2.05, 4.69) is 10.4 Å². The summed E-state index contributed by atoms with van der Waals surface area (Å²) in [7, 11) is 1.39. The normalized spacial score (nSPS) is 10.8. The van der Waals surface area contributed by atoms with Gasteiger partial charge in [0.2, 0.25) is 0 Å². The summed E-state index contributed by atoms with van der Waals surface area (Å²) in [6, 6.07) is 11.0. The zero-order valence-electron chi connectivity index (χ0n) is 18.4. The standard InChI is InChI=1S/C24H26ClN3O3/c1-14-12-15(2)23(21(25)13-14)26-24(30)18-6-8-19(9-7-18)28-17(4)20(16(3)27-28)10-11-22(29)31-5/h6-9,12-13H,10-11H2,1-5H3,(H,26,30). The summed E-state index contributed by atoms with van der Waals surface area (Å²) in [6.07, 6.45) is 0.880. The van der Waals surface area contributed by atoms with E-state index >= 15 is 0 Å². The van der Waals surface area contributed by atoms with Crippen LogP contribution in [0.3, 0.4) is 0 Å². The number of aromatic nitrogens is 2. The lowest BCUT2D eigenvalue weighted by molar-refractivity contribution is -0.140. The number of anilines is 1. The smallest absolute Gasteiger partial charge is 0.305 e. The Morgan fingerprint density at radius 3 is 2.39 bits per heavy atom. The van der Waals surface area contributed by atoms with Crippen molar-refractivity contribution in [3.8, 4) is 5.69 Å². The topological polar surface area (TPSA) is 73.2 Å². The third kappa shape index (κ3) is 4.97. The second-order valence-corrected chi connectivity index (χ2v) is 7.98. The number of rotatable bonds is 6. The number of carbonyl (C=O) groups is 2. The average Bonchev–Trinajstić information content (AvgIpc) is 3.02. The van der Waals surface area contributed by atoms with Gasteiger partial charge in [-0.1, -0.05) is 17.7 Å². The molecule has 0 aliphatic carbocycles. The molecule has 6 nitrogen and oxygen atoms in total. The summed E-state index contributed by atoms with van der Waals surface area (Å²) < 4.78 is 6.55. The molecule has 3 aromatic rings. The molecule has 0 spiro atoms. The van der Waals surface area contributed by atoms with Gasteiger partial charge in [0, 0.05) is 17.7 Å². The van der Waals surface area contributed by atoms with Crippen LogP contribution in [0.4, 0.5) is 5.69 Å². The van der Waals surface area contributed by atoms with Crippen LogP contribution in [0, 0.1) is 27.7 Å². The minimum atomic E-state index is -0.245. The van der Waals surface area contributed by atoms with Crippen LogP contribution >= 0.6 is 11.6 Å². The van der Waals surface area contributed by atoms with Gasteiger partial charge in [0.05, 0.1) is 29.2 Å². The molecule has 0 aliphatic heterocycles. The van der Waals surface area contributed by atoms with Crippen molar-refractivity contribution in [2.24, 2.45) is 0 Å². The molecule has 1 heterocycles. The molecule has 3 rings (SSSR count). The second kappa shape index (κ2) is 9.35. The van der Waals surface area contributed by atoms with Crippen molar-refractivity contribution in [3.05, 3.63) is 75.1 Å². The van der Waals surface area contributed by atoms with Crippen molar-refractivity contribution >= 4 is 29.2 Å². The molecule has 0 fully saturated rings. The Labute approximate surface area is 187 Å². The molecule has 1 aromatic heterocycles. The van der Waals surface area contributed by atoms with E-state index in [9.17, 15) is 9.59 Å². The van der Waals surface area contributed by atoms with E-state index in [-0.39, 0.29) is 11.9 Å². The van der Waals surface area contributed by atoms with E-state index in [0.29, 0.717) is 29.1 Å². The maximum atomic E-state index is 12.7. The number of methoxy groups -OCH3 is 1. The van der Waals surface area contributed by atoms with Gasteiger partial charge in [-0.3, -0.25) is 9.59 Å². The van der Waals surface area contributed by atoms with E-state index in [1.807, 2.05) is 56.6 Å². The number of nitrogens with zero attached hydrogens (tertiary/aromatic N) is 2. The molecule has 2 aromatic carbocycles. The fourth-order valence-corrected chi connectivity index (χ4v) is 4.00. The quantitative estimate of drug-likeness (QED) is 0.541. The third-order valence-electron chi connectivity index (χ3n) is 5.29. The molecule has 0 unspecified atom stereocenters. The lowest BCUT2D eigenvalue weighted by Crippen LogP contribution is -2.13. The second-order valence-electron chi connectivity index (χ2n) is 7.58. The number of benzene rings is 2. The molecular weight excluding hydrogens is 414 g/mol. The Morgan fingerprint density at radius 1 is 1.10 bits per heavy atom. The molecule has 31 heavy (non-hydrogen) atoms. The average molecular weight is 440 g/mol. The minimum Gasteiger partial charge on any atom is -0.469 e. The van der Waals surface area contributed by atoms with Gasteiger partial charge in [0.25, 0.3) is 5.91 Å². The van der Waals surface area contributed by atoms with Crippen molar-refractivity contribution in [2.75, 3.05) is 12.4 Å². The number of hydrogen-bond donors (Lipinski definition) is 1. The fraction of sp³-hybridized carbons (Fsp3) is 0.292. The molecule has 162 valence electrons. The minimum absolute atomic E-state index is 0.229. The summed E-state index contributed by atoms with van der Waals surface area (Å²) >= 11 is 6.31. The van der Waals surface area contributed by atoms with E-state index < -0.39 is 0 Å². The lowest BCUT2D eigenvalue weighted by atomic mass is 10.1. The molecule has 0 radical (unpaired) electrons. The SMILES string of the molecule is COC(=O)CCc1c(C)nn(-c2ccc(C(=O)Nc3c(C)cc(C)cc3Cl)cc2)c1C. The van der Waals surface area contributed by atoms with Crippen molar-refractivity contribution in [1.29, 1.82) is 0 Å². The highest BCUT2D eigenvalue weighted by molar-refractivity contribution is 6.34. The summed E-state index contributed by atoms with van der Waals surface area (Å²) in [6.45, 7) is 7.77. The van der Waals surface area contributed by atoms with Crippen LogP contribution < -0.4 is 5.32 Å². The van der Waals surface area contributed by atoms with E-state index in [1.54, 1.807) is 12.1 Å². The number of nitrogens with one attached hydrogen (secondary N) is 1. The predicted octanol–water partition coefficient (Wildman–Crippen LogP) is 5.12. The summed E-state index contributed by atoms with van der Waals surface area (Å²) in [5, 5.41) is 8.02. The monoisotopic (exact) mass is 439 g/mol. The molecule has 1 amide bonds. The molecule has 0 bridgehead atoms. The predicted molar refractivity (Wildman–Crippen MR) is 122 cm³/mol. The van der Waals surface area contributed by atoms with Crippen molar-refractivity contribution < 1.29 is 14.3 Å². The largest absolute Gasteiger partial charge is 0.469 e. The zero-order valence-corrected chi connectivity index (χ0v) is 19.1. The van der Waals surface area contributed by atoms with Gasteiger partial charge < -0.3 is 10.1 Å². The first-order chi connectivity index (χ1) is 14.7. The van der Waals surface area contributed by atoms with Crippen LogP contribution in [0.15, 0.2) is 36.4 Å². The van der Waals surface area contributed by atoms with Crippen LogP contribution in [0.5, 0.6) is 0 Å². The van der Waals surface area contributed by atoms with Crippen molar-refractivity contribution in [2.45, 2.75) is 40.5 Å². The summed E-state index contributed by atoms with van der Waals surface area (Å²) in [5.74, 6) is -0.474. The zero-order chi connectivity index (χ0) is 22.7. The van der Waals surface area contributed by atoms with Gasteiger partial charge >= 0.3 is 5.97 Å². The Hall–Kier alpha value is -3.12. The number of amides is 1. The Bertz CT molecular complexity index is 1110. The fourth-order valence-electron chi connectivity index (χ4n) is 3.63. The Balaban J connectivity index is 1.79. The molecule has 7 heteroatoms. The number of halogens is 1. The van der Waals surface area contributed by atoms with Crippen LogP contribution in [0.25, 0.3) is 5.69 Å². The summed E-state index contributed by atoms with van der Waals surface area (Å²) in [4.78, 5) is 24.2. The lowest BCUT2D eigenvalue weighted by Gasteiger charge is -2.12. The van der Waals surface area contributed by atoms with Crippen LogP contribution in [-0.4, -0.2) is 28.8 Å². The number of carbonyl (C=O) groups excluding carboxylic acids is 2. The van der Waals surface area contributed by atoms with Gasteiger partial charge in [-0.05, 0) is 81.1 Å². The van der Waals surface area contributed by atoms with E-state index in [4.69, 9.17) is 16.3 Å². The molecule has 1 N–H and O–H groups in total. The third-order valence-corrected chi connectivity index (χ3v) is 5.59. The first-order valence-corrected chi connectivity index (χ1v) is 10.4. The van der Waals surface area contributed by atoms with E-state index in [1.165, 1.54) is 7.11 Å². The maximum absolute atomic E-state index is 12.7. The number of hydrogen-bond acceptors (Lipinski definition) is 4. The van der Waals surface area contributed by atoms with Crippen LogP contribution in [0.1, 0.15) is 44.9 Å². The van der Waals surface area contributed by atoms with Gasteiger partial charge in [0.1, 0.15) is 0 Å². The van der Waals surface area contributed by atoms with Gasteiger partial charge in [-0.15, -0.1) is 0 Å². The van der Waals surface area contributed by atoms with E-state index in [0.717, 1.165) is 33.8 Å². The Morgan fingerprint density at radius 2 is 1.77 bits per heavy atom. The highest BCUT2D eigenvalue weighted by Gasteiger charge is 2.16. The van der Waals surface area contributed by atoms with Crippen molar-refractivity contribution in [1.82, 2.24) is 9.78 Å². The first-order valence-electron chi connectivity index (χ1n) is 10.0. The molecule has 0 aliphatic rings. The Kier molecular flexibility index (Phi) is 6.81. The highest BCUT2D eigenvalue weighted by atomic mass is 35.5. The number of esters is 1. The maximum Gasteiger partial charge on any atom is 0.305 e. The van der Waals surface area contributed by atoms with Crippen LogP contribution in [-0.2, 0) is 16.0 Å². The molecule has 0 saturated heterocycles. The van der Waals surface area contributed by atoms with Gasteiger partial charge in [-0.25, -0.2) is 4.68 Å². The first kappa shape index (κ1) is 22.6. The highest BCUT2D eigenvalue weighted by Crippen LogP contribution is 2.28. The van der Waals surface area contributed by atoms with Crippen molar-refractivity contribution in [3.63, 3.8) is 0 Å². The van der Waals surface area contributed by atoms with Crippen LogP contribution in [0.2, 0.25) is 5.02 Å². The molecule has 0 saturated carbocycles.